The van der Waals surface area contributed by atoms with E-state index in [1.807, 2.05) is 6.92 Å². The topological polar surface area (TPSA) is 89.4 Å². The van der Waals surface area contributed by atoms with Crippen LogP contribution in [0.3, 0.4) is 0 Å². The lowest BCUT2D eigenvalue weighted by Gasteiger charge is -2.37. The zero-order valence-corrected chi connectivity index (χ0v) is 11.2. The molecule has 1 heterocycles. The quantitative estimate of drug-likeness (QED) is 0.765. The Labute approximate surface area is 108 Å². The molecule has 0 aromatic carbocycles. The van der Waals surface area contributed by atoms with E-state index in [1.165, 1.54) is 0 Å². The predicted octanol–water partition coefficient (Wildman–Crippen LogP) is 0.258. The van der Waals surface area contributed by atoms with Crippen molar-refractivity contribution in [3.8, 4) is 0 Å². The Kier molecular flexibility index (Phi) is 6.49. The van der Waals surface area contributed by atoms with Crippen molar-refractivity contribution in [1.29, 1.82) is 0 Å². The van der Waals surface area contributed by atoms with Crippen LogP contribution in [0, 0.1) is 5.92 Å². The van der Waals surface area contributed by atoms with Crippen molar-refractivity contribution in [1.82, 2.24) is 4.90 Å². The van der Waals surface area contributed by atoms with Crippen LogP contribution in [0.25, 0.3) is 0 Å². The number of hydrogen-bond acceptors (Lipinski definition) is 3. The maximum atomic E-state index is 11.9. The number of primary amides is 1. The zero-order chi connectivity index (χ0) is 12.3. The molecule has 1 aliphatic heterocycles. The number of rotatable bonds is 3. The van der Waals surface area contributed by atoms with Gasteiger partial charge >= 0.3 is 0 Å². The van der Waals surface area contributed by atoms with Gasteiger partial charge in [-0.05, 0) is 26.7 Å². The van der Waals surface area contributed by atoms with Crippen LogP contribution in [0.2, 0.25) is 0 Å². The summed E-state index contributed by atoms with van der Waals surface area (Å²) in [5, 5.41) is 0. The summed E-state index contributed by atoms with van der Waals surface area (Å²) in [5.41, 5.74) is 10.9. The highest BCUT2D eigenvalue weighted by molar-refractivity contribution is 5.85. The molecule has 0 bridgehead atoms. The standard InChI is InChI=1S/C11H21N3O2.ClH/c1-7(12)5-10(15)14-6-9(11(13)16)4-3-8(14)2;/h7-9H,3-6,12H2,1-2H3,(H2,13,16);1H. The van der Waals surface area contributed by atoms with Crippen molar-refractivity contribution in [2.75, 3.05) is 6.54 Å². The van der Waals surface area contributed by atoms with E-state index in [0.717, 1.165) is 12.8 Å². The number of hydrogen-bond donors (Lipinski definition) is 2. The molecule has 17 heavy (non-hydrogen) atoms. The molecular formula is C11H22ClN3O2. The van der Waals surface area contributed by atoms with E-state index in [-0.39, 0.29) is 42.2 Å². The number of amides is 2. The molecule has 6 heteroatoms. The van der Waals surface area contributed by atoms with Gasteiger partial charge in [0, 0.05) is 25.0 Å². The van der Waals surface area contributed by atoms with Gasteiger partial charge in [0.25, 0.3) is 0 Å². The molecule has 0 radical (unpaired) electrons. The molecule has 0 aromatic heterocycles. The summed E-state index contributed by atoms with van der Waals surface area (Å²) in [5.74, 6) is -0.493. The minimum absolute atomic E-state index is 0. The van der Waals surface area contributed by atoms with Crippen LogP contribution >= 0.6 is 12.4 Å². The van der Waals surface area contributed by atoms with Gasteiger partial charge < -0.3 is 16.4 Å². The number of carbonyl (C=O) groups is 2. The molecule has 100 valence electrons. The summed E-state index contributed by atoms with van der Waals surface area (Å²) in [6, 6.07) is 0.0375. The summed E-state index contributed by atoms with van der Waals surface area (Å²) in [4.78, 5) is 24.7. The molecule has 0 spiro atoms. The van der Waals surface area contributed by atoms with Gasteiger partial charge in [0.15, 0.2) is 0 Å². The van der Waals surface area contributed by atoms with Gasteiger partial charge in [0.05, 0.1) is 5.92 Å². The second-order valence-corrected chi connectivity index (χ2v) is 4.75. The molecule has 3 atom stereocenters. The fraction of sp³-hybridized carbons (Fsp3) is 0.818. The Bertz CT molecular complexity index is 284. The maximum absolute atomic E-state index is 11.9. The van der Waals surface area contributed by atoms with E-state index in [0.29, 0.717) is 13.0 Å². The van der Waals surface area contributed by atoms with Crippen molar-refractivity contribution in [3.05, 3.63) is 0 Å². The molecule has 1 fully saturated rings. The second kappa shape index (κ2) is 6.81. The number of halogens is 1. The smallest absolute Gasteiger partial charge is 0.224 e. The van der Waals surface area contributed by atoms with E-state index in [4.69, 9.17) is 11.5 Å². The maximum Gasteiger partial charge on any atom is 0.224 e. The summed E-state index contributed by atoms with van der Waals surface area (Å²) in [6.45, 7) is 4.25. The summed E-state index contributed by atoms with van der Waals surface area (Å²) >= 11 is 0. The van der Waals surface area contributed by atoms with E-state index in [9.17, 15) is 9.59 Å². The highest BCUT2D eigenvalue weighted by Crippen LogP contribution is 2.22. The third-order valence-corrected chi connectivity index (χ3v) is 3.10. The summed E-state index contributed by atoms with van der Waals surface area (Å²) in [6.07, 6.45) is 1.94. The molecule has 1 rings (SSSR count). The monoisotopic (exact) mass is 263 g/mol. The van der Waals surface area contributed by atoms with E-state index in [1.54, 1.807) is 11.8 Å². The molecule has 1 saturated heterocycles. The minimum Gasteiger partial charge on any atom is -0.369 e. The lowest BCUT2D eigenvalue weighted by molar-refractivity contribution is -0.137. The van der Waals surface area contributed by atoms with Gasteiger partial charge in [-0.25, -0.2) is 0 Å². The van der Waals surface area contributed by atoms with E-state index in [2.05, 4.69) is 0 Å². The Hall–Kier alpha value is -0.810. The lowest BCUT2D eigenvalue weighted by atomic mass is 9.92. The van der Waals surface area contributed by atoms with E-state index >= 15 is 0 Å². The van der Waals surface area contributed by atoms with Crippen molar-refractivity contribution < 1.29 is 9.59 Å². The number of nitrogens with two attached hydrogens (primary N) is 2. The third kappa shape index (κ3) is 4.52. The zero-order valence-electron chi connectivity index (χ0n) is 10.4. The second-order valence-electron chi connectivity index (χ2n) is 4.75. The van der Waals surface area contributed by atoms with Crippen molar-refractivity contribution >= 4 is 24.2 Å². The minimum atomic E-state index is -0.314. The largest absolute Gasteiger partial charge is 0.369 e. The first-order chi connectivity index (χ1) is 7.41. The normalized spacial score (nSPS) is 25.9. The predicted molar refractivity (Wildman–Crippen MR) is 68.6 cm³/mol. The van der Waals surface area contributed by atoms with Gasteiger partial charge in [0.2, 0.25) is 11.8 Å². The van der Waals surface area contributed by atoms with Crippen LogP contribution in [-0.2, 0) is 9.59 Å². The highest BCUT2D eigenvalue weighted by Gasteiger charge is 2.31. The van der Waals surface area contributed by atoms with Crippen molar-refractivity contribution in [2.45, 2.75) is 45.2 Å². The molecule has 2 amide bonds. The van der Waals surface area contributed by atoms with Gasteiger partial charge in [-0.15, -0.1) is 12.4 Å². The van der Waals surface area contributed by atoms with Crippen LogP contribution in [0.4, 0.5) is 0 Å². The molecule has 1 aliphatic rings. The summed E-state index contributed by atoms with van der Waals surface area (Å²) < 4.78 is 0. The molecule has 4 N–H and O–H groups in total. The number of likely N-dealkylation sites (tertiary alicyclic amines) is 1. The molecule has 5 nitrogen and oxygen atoms in total. The van der Waals surface area contributed by atoms with Gasteiger partial charge in [-0.3, -0.25) is 9.59 Å². The average molecular weight is 264 g/mol. The van der Waals surface area contributed by atoms with Crippen LogP contribution < -0.4 is 11.5 Å². The Morgan fingerprint density at radius 2 is 2.00 bits per heavy atom. The molecule has 0 saturated carbocycles. The molecule has 3 unspecified atom stereocenters. The van der Waals surface area contributed by atoms with Gasteiger partial charge in [-0.1, -0.05) is 0 Å². The van der Waals surface area contributed by atoms with E-state index < -0.39 is 0 Å². The summed E-state index contributed by atoms with van der Waals surface area (Å²) in [7, 11) is 0. The third-order valence-electron chi connectivity index (χ3n) is 3.10. The van der Waals surface area contributed by atoms with Gasteiger partial charge in [-0.2, -0.15) is 0 Å². The first-order valence-corrected chi connectivity index (χ1v) is 5.76. The van der Waals surface area contributed by atoms with Crippen LogP contribution in [0.15, 0.2) is 0 Å². The molecular weight excluding hydrogens is 242 g/mol. The average Bonchev–Trinajstić information content (AvgIpc) is 2.16. The van der Waals surface area contributed by atoms with Crippen molar-refractivity contribution in [2.24, 2.45) is 17.4 Å². The van der Waals surface area contributed by atoms with Crippen LogP contribution in [0.5, 0.6) is 0 Å². The SMILES string of the molecule is CC(N)CC(=O)N1CC(C(N)=O)CCC1C.Cl. The highest BCUT2D eigenvalue weighted by atomic mass is 35.5. The molecule has 0 aliphatic carbocycles. The Balaban J connectivity index is 0.00000256. The van der Waals surface area contributed by atoms with Crippen LogP contribution in [0.1, 0.15) is 33.1 Å². The first kappa shape index (κ1) is 16.2. The van der Waals surface area contributed by atoms with Crippen molar-refractivity contribution in [3.63, 3.8) is 0 Å². The fourth-order valence-corrected chi connectivity index (χ4v) is 2.08. The lowest BCUT2D eigenvalue weighted by Crippen LogP contribution is -2.49. The van der Waals surface area contributed by atoms with Crippen LogP contribution in [-0.4, -0.2) is 35.3 Å². The first-order valence-electron chi connectivity index (χ1n) is 5.76. The number of piperidine rings is 1. The molecule has 0 aromatic rings. The Morgan fingerprint density at radius 1 is 1.41 bits per heavy atom. The Morgan fingerprint density at radius 3 is 2.47 bits per heavy atom. The van der Waals surface area contributed by atoms with Gasteiger partial charge in [0.1, 0.15) is 0 Å². The fourth-order valence-electron chi connectivity index (χ4n) is 2.08. The number of nitrogens with zero attached hydrogens (tertiary/aromatic N) is 1. The number of carbonyl (C=O) groups excluding carboxylic acids is 2.